The van der Waals surface area contributed by atoms with Crippen molar-refractivity contribution in [1.82, 2.24) is 9.80 Å². The van der Waals surface area contributed by atoms with E-state index in [-0.39, 0.29) is 0 Å². The molecule has 0 aliphatic carbocycles. The summed E-state index contributed by atoms with van der Waals surface area (Å²) in [5, 5.41) is 3.78. The van der Waals surface area contributed by atoms with Gasteiger partial charge in [0.05, 0.1) is 11.4 Å². The van der Waals surface area contributed by atoms with Gasteiger partial charge in [-0.05, 0) is 30.2 Å². The van der Waals surface area contributed by atoms with Crippen molar-refractivity contribution in [3.05, 3.63) is 95.6 Å². The summed E-state index contributed by atoms with van der Waals surface area (Å²) in [4.78, 5) is 7.73. The molecular weight excluding hydrogens is 380 g/mol. The van der Waals surface area contributed by atoms with E-state index in [9.17, 15) is 0 Å². The maximum atomic E-state index is 3.78. The molecule has 0 bridgehead atoms. The summed E-state index contributed by atoms with van der Waals surface area (Å²) >= 11 is 0. The number of para-hydroxylation sites is 2. The van der Waals surface area contributed by atoms with Gasteiger partial charge in [-0.3, -0.25) is 9.80 Å². The fourth-order valence-electron chi connectivity index (χ4n) is 4.72. The molecule has 1 atom stereocenters. The third-order valence-corrected chi connectivity index (χ3v) is 6.53. The molecule has 160 valence electrons. The predicted octanol–water partition coefficient (Wildman–Crippen LogP) is 4.57. The third kappa shape index (κ3) is 4.76. The number of piperazine rings is 1. The van der Waals surface area contributed by atoms with Crippen molar-refractivity contribution in [2.75, 3.05) is 42.9 Å². The minimum Gasteiger partial charge on any atom is -0.362 e. The summed E-state index contributed by atoms with van der Waals surface area (Å²) < 4.78 is 0. The van der Waals surface area contributed by atoms with Crippen LogP contribution in [0.2, 0.25) is 0 Å². The number of rotatable bonds is 6. The van der Waals surface area contributed by atoms with E-state index in [4.69, 9.17) is 0 Å². The molecule has 2 aliphatic rings. The number of benzene rings is 3. The zero-order valence-electron chi connectivity index (χ0n) is 18.4. The highest BCUT2D eigenvalue weighted by Gasteiger charge is 2.30. The molecule has 4 nitrogen and oxygen atoms in total. The quantitative estimate of drug-likeness (QED) is 0.640. The third-order valence-electron chi connectivity index (χ3n) is 6.53. The van der Waals surface area contributed by atoms with Gasteiger partial charge in [-0.2, -0.15) is 0 Å². The Balaban J connectivity index is 1.20. The van der Waals surface area contributed by atoms with E-state index in [1.807, 2.05) is 0 Å². The van der Waals surface area contributed by atoms with E-state index in [1.165, 1.54) is 28.1 Å². The molecular formula is C27H32N4. The summed E-state index contributed by atoms with van der Waals surface area (Å²) in [5.74, 6) is 0. The topological polar surface area (TPSA) is 21.8 Å². The lowest BCUT2D eigenvalue weighted by atomic mass is 10.1. The molecule has 5 rings (SSSR count). The first-order valence-corrected chi connectivity index (χ1v) is 11.4. The molecule has 3 aromatic carbocycles. The van der Waals surface area contributed by atoms with Gasteiger partial charge in [0.25, 0.3) is 0 Å². The number of anilines is 2. The summed E-state index contributed by atoms with van der Waals surface area (Å²) in [6.45, 7) is 9.70. The second-order valence-electron chi connectivity index (χ2n) is 8.85. The van der Waals surface area contributed by atoms with E-state index in [0.717, 1.165) is 45.8 Å². The highest BCUT2D eigenvalue weighted by molar-refractivity contribution is 5.76. The van der Waals surface area contributed by atoms with Gasteiger partial charge in [0, 0.05) is 45.8 Å². The normalized spacial score (nSPS) is 19.3. The van der Waals surface area contributed by atoms with Crippen LogP contribution in [0.15, 0.2) is 78.9 Å². The number of aryl methyl sites for hydroxylation is 1. The molecule has 0 aromatic heterocycles. The van der Waals surface area contributed by atoms with Gasteiger partial charge < -0.3 is 10.2 Å². The molecule has 1 saturated heterocycles. The Labute approximate surface area is 186 Å². The lowest BCUT2D eigenvalue weighted by Crippen LogP contribution is -2.52. The van der Waals surface area contributed by atoms with E-state index in [2.05, 4.69) is 106 Å². The summed E-state index contributed by atoms with van der Waals surface area (Å²) in [7, 11) is 0. The fourth-order valence-corrected chi connectivity index (χ4v) is 4.72. The summed E-state index contributed by atoms with van der Waals surface area (Å²) in [6, 6.07) is 28.5. The Bertz CT molecular complexity index is 978. The summed E-state index contributed by atoms with van der Waals surface area (Å²) in [5.41, 5.74) is 6.67. The maximum absolute atomic E-state index is 3.78. The second-order valence-corrected chi connectivity index (χ2v) is 8.85. The van der Waals surface area contributed by atoms with Crippen LogP contribution in [0.4, 0.5) is 11.4 Å². The van der Waals surface area contributed by atoms with E-state index >= 15 is 0 Å². The first-order chi connectivity index (χ1) is 15.2. The molecule has 1 fully saturated rings. The van der Waals surface area contributed by atoms with Gasteiger partial charge >= 0.3 is 0 Å². The largest absolute Gasteiger partial charge is 0.362 e. The van der Waals surface area contributed by atoms with Crippen LogP contribution < -0.4 is 10.2 Å². The molecule has 4 heteroatoms. The smallest absolute Gasteiger partial charge is 0.112 e. The van der Waals surface area contributed by atoms with Gasteiger partial charge in [-0.25, -0.2) is 0 Å². The fraction of sp³-hybridized carbons (Fsp3) is 0.333. The van der Waals surface area contributed by atoms with Crippen molar-refractivity contribution in [2.45, 2.75) is 26.2 Å². The second kappa shape index (κ2) is 9.13. The predicted molar refractivity (Wildman–Crippen MR) is 129 cm³/mol. The molecule has 0 radical (unpaired) electrons. The number of hydrogen-bond donors (Lipinski definition) is 1. The minimum atomic E-state index is 0.307. The first kappa shape index (κ1) is 20.1. The molecule has 0 saturated carbocycles. The van der Waals surface area contributed by atoms with Gasteiger partial charge in [0.2, 0.25) is 0 Å². The van der Waals surface area contributed by atoms with Crippen LogP contribution in [0.5, 0.6) is 0 Å². The van der Waals surface area contributed by atoms with Crippen LogP contribution in [-0.4, -0.2) is 48.7 Å². The SMILES string of the molecule is Cc1ccc(CN2CCN(CC3Nc4ccccc4N3Cc3ccccc3)CC2)cc1. The van der Waals surface area contributed by atoms with Crippen molar-refractivity contribution in [2.24, 2.45) is 0 Å². The van der Waals surface area contributed by atoms with Gasteiger partial charge in [-0.1, -0.05) is 72.3 Å². The van der Waals surface area contributed by atoms with Crippen LogP contribution in [-0.2, 0) is 13.1 Å². The van der Waals surface area contributed by atoms with E-state index < -0.39 is 0 Å². The van der Waals surface area contributed by atoms with Crippen LogP contribution >= 0.6 is 0 Å². The van der Waals surface area contributed by atoms with Crippen molar-refractivity contribution in [3.63, 3.8) is 0 Å². The highest BCUT2D eigenvalue weighted by atomic mass is 15.4. The minimum absolute atomic E-state index is 0.307. The van der Waals surface area contributed by atoms with Crippen LogP contribution in [0.25, 0.3) is 0 Å². The first-order valence-electron chi connectivity index (χ1n) is 11.4. The Morgan fingerprint density at radius 2 is 1.35 bits per heavy atom. The highest BCUT2D eigenvalue weighted by Crippen LogP contribution is 2.35. The number of hydrogen-bond acceptors (Lipinski definition) is 4. The average molecular weight is 413 g/mol. The van der Waals surface area contributed by atoms with Crippen molar-refractivity contribution in [1.29, 1.82) is 0 Å². The molecule has 2 heterocycles. The zero-order chi connectivity index (χ0) is 21.0. The van der Waals surface area contributed by atoms with Crippen molar-refractivity contribution < 1.29 is 0 Å². The molecule has 31 heavy (non-hydrogen) atoms. The lowest BCUT2D eigenvalue weighted by molar-refractivity contribution is 0.123. The monoisotopic (exact) mass is 412 g/mol. The number of nitrogens with zero attached hydrogens (tertiary/aromatic N) is 3. The molecule has 2 aliphatic heterocycles. The Kier molecular flexibility index (Phi) is 5.92. The van der Waals surface area contributed by atoms with Gasteiger partial charge in [-0.15, -0.1) is 0 Å². The van der Waals surface area contributed by atoms with E-state index in [1.54, 1.807) is 0 Å². The number of fused-ring (bicyclic) bond motifs is 1. The van der Waals surface area contributed by atoms with Gasteiger partial charge in [0.15, 0.2) is 0 Å². The number of nitrogens with one attached hydrogen (secondary N) is 1. The Hall–Kier alpha value is -2.82. The van der Waals surface area contributed by atoms with Crippen molar-refractivity contribution >= 4 is 11.4 Å². The van der Waals surface area contributed by atoms with Crippen LogP contribution in [0.3, 0.4) is 0 Å². The molecule has 1 N–H and O–H groups in total. The van der Waals surface area contributed by atoms with Crippen molar-refractivity contribution in [3.8, 4) is 0 Å². The standard InChI is InChI=1S/C27H32N4/c1-22-11-13-24(14-12-22)19-29-15-17-30(18-16-29)21-27-28-25-9-5-6-10-26(25)31(27)20-23-7-3-2-4-8-23/h2-14,27-28H,15-21H2,1H3. The van der Waals surface area contributed by atoms with Crippen LogP contribution in [0.1, 0.15) is 16.7 Å². The zero-order valence-corrected chi connectivity index (χ0v) is 18.4. The van der Waals surface area contributed by atoms with Gasteiger partial charge in [0.1, 0.15) is 6.17 Å². The van der Waals surface area contributed by atoms with E-state index in [0.29, 0.717) is 6.17 Å². The Morgan fingerprint density at radius 3 is 2.13 bits per heavy atom. The molecule has 0 spiro atoms. The molecule has 0 amide bonds. The summed E-state index contributed by atoms with van der Waals surface area (Å²) in [6.07, 6.45) is 0.307. The van der Waals surface area contributed by atoms with Crippen LogP contribution in [0, 0.1) is 6.92 Å². The molecule has 1 unspecified atom stereocenters. The molecule has 3 aromatic rings. The Morgan fingerprint density at radius 1 is 0.710 bits per heavy atom. The lowest BCUT2D eigenvalue weighted by Gasteiger charge is -2.38. The average Bonchev–Trinajstić information content (AvgIpc) is 3.14. The maximum Gasteiger partial charge on any atom is 0.112 e.